The summed E-state index contributed by atoms with van der Waals surface area (Å²) < 4.78 is 0. The highest BCUT2D eigenvalue weighted by atomic mass is 16.3. The molecule has 2 nitrogen and oxygen atoms in total. The highest BCUT2D eigenvalue weighted by Gasteiger charge is 2.57. The van der Waals surface area contributed by atoms with Gasteiger partial charge in [0.1, 0.15) is 0 Å². The average molecular weight is 309 g/mol. The molecule has 0 aliphatic heterocycles. The van der Waals surface area contributed by atoms with Crippen LogP contribution in [0.1, 0.15) is 79.6 Å². The molecule has 0 aromatic rings. The molecule has 0 saturated heterocycles. The van der Waals surface area contributed by atoms with Crippen molar-refractivity contribution in [2.75, 3.05) is 0 Å². The van der Waals surface area contributed by atoms with Gasteiger partial charge in [-0.1, -0.05) is 33.3 Å². The van der Waals surface area contributed by atoms with Gasteiger partial charge < -0.3 is 10.2 Å². The summed E-state index contributed by atoms with van der Waals surface area (Å²) in [4.78, 5) is 0. The van der Waals surface area contributed by atoms with Crippen LogP contribution in [-0.2, 0) is 0 Å². The van der Waals surface area contributed by atoms with E-state index in [4.69, 9.17) is 0 Å². The number of fused-ring (bicyclic) bond motifs is 1. The summed E-state index contributed by atoms with van der Waals surface area (Å²) >= 11 is 0. The van der Waals surface area contributed by atoms with Crippen LogP contribution in [0.4, 0.5) is 0 Å². The molecule has 22 heavy (non-hydrogen) atoms. The van der Waals surface area contributed by atoms with Gasteiger partial charge in [-0.05, 0) is 75.0 Å². The van der Waals surface area contributed by atoms with Gasteiger partial charge in [-0.25, -0.2) is 0 Å². The van der Waals surface area contributed by atoms with Crippen molar-refractivity contribution in [3.8, 4) is 0 Å². The number of hydrogen-bond acceptors (Lipinski definition) is 2. The van der Waals surface area contributed by atoms with E-state index < -0.39 is 11.2 Å². The molecule has 2 saturated carbocycles. The first-order chi connectivity index (χ1) is 9.95. The molecule has 0 bridgehead atoms. The Morgan fingerprint density at radius 3 is 2.41 bits per heavy atom. The number of aliphatic hydroxyl groups is 2. The SMILES string of the molecule is C=C[C@@](C)(O)CC[C@@H]1[C@]2(C)CCCC(C)(C)[C@@H]2CC[C@]1(C)O. The second-order valence-corrected chi connectivity index (χ2v) is 9.45. The Morgan fingerprint density at radius 2 is 1.82 bits per heavy atom. The third-order valence-corrected chi connectivity index (χ3v) is 7.14. The van der Waals surface area contributed by atoms with Crippen molar-refractivity contribution in [3.05, 3.63) is 12.7 Å². The van der Waals surface area contributed by atoms with Gasteiger partial charge in [0.05, 0.1) is 11.2 Å². The van der Waals surface area contributed by atoms with Gasteiger partial charge in [0.2, 0.25) is 0 Å². The van der Waals surface area contributed by atoms with Crippen LogP contribution < -0.4 is 0 Å². The first kappa shape index (κ1) is 18.0. The molecule has 0 heterocycles. The van der Waals surface area contributed by atoms with E-state index >= 15 is 0 Å². The van der Waals surface area contributed by atoms with Gasteiger partial charge in [0.25, 0.3) is 0 Å². The van der Waals surface area contributed by atoms with Crippen molar-refractivity contribution in [1.29, 1.82) is 0 Å². The number of rotatable bonds is 4. The van der Waals surface area contributed by atoms with Crippen molar-refractivity contribution in [2.24, 2.45) is 22.7 Å². The van der Waals surface area contributed by atoms with Crippen LogP contribution >= 0.6 is 0 Å². The Balaban J connectivity index is 2.28. The van der Waals surface area contributed by atoms with Crippen molar-refractivity contribution < 1.29 is 10.2 Å². The van der Waals surface area contributed by atoms with Gasteiger partial charge >= 0.3 is 0 Å². The summed E-state index contributed by atoms with van der Waals surface area (Å²) in [7, 11) is 0. The fourth-order valence-corrected chi connectivity index (χ4v) is 5.80. The van der Waals surface area contributed by atoms with E-state index in [2.05, 4.69) is 27.4 Å². The molecule has 0 unspecified atom stereocenters. The zero-order chi connectivity index (χ0) is 16.8. The molecule has 128 valence electrons. The van der Waals surface area contributed by atoms with E-state index in [1.165, 1.54) is 19.3 Å². The van der Waals surface area contributed by atoms with Gasteiger partial charge in [-0.15, -0.1) is 6.58 Å². The molecule has 0 amide bonds. The summed E-state index contributed by atoms with van der Waals surface area (Å²) in [6, 6.07) is 0. The van der Waals surface area contributed by atoms with Gasteiger partial charge in [-0.2, -0.15) is 0 Å². The molecule has 2 rings (SSSR count). The lowest BCUT2D eigenvalue weighted by molar-refractivity contribution is -0.171. The molecule has 2 heteroatoms. The van der Waals surface area contributed by atoms with E-state index in [0.717, 1.165) is 19.3 Å². The van der Waals surface area contributed by atoms with Crippen LogP contribution in [0.2, 0.25) is 0 Å². The Kier molecular flexibility index (Phi) is 4.61. The standard InChI is InChI=1S/C20H36O2/c1-7-18(4,21)13-9-16-19(5)12-8-11-17(2,3)15(19)10-14-20(16,6)22/h7,15-16,21-22H,1,8-14H2,2-6H3/t15-,16+,18+,19+,20-/m0/s1. The van der Waals surface area contributed by atoms with Crippen LogP contribution in [-0.4, -0.2) is 21.4 Å². The normalized spacial score (nSPS) is 44.0. The van der Waals surface area contributed by atoms with Crippen LogP contribution in [0.3, 0.4) is 0 Å². The molecule has 2 aliphatic rings. The highest BCUT2D eigenvalue weighted by Crippen LogP contribution is 2.63. The van der Waals surface area contributed by atoms with E-state index in [1.54, 1.807) is 6.08 Å². The van der Waals surface area contributed by atoms with Crippen molar-refractivity contribution in [1.82, 2.24) is 0 Å². The van der Waals surface area contributed by atoms with Gasteiger partial charge in [0.15, 0.2) is 0 Å². The Hall–Kier alpha value is -0.340. The van der Waals surface area contributed by atoms with E-state index in [0.29, 0.717) is 17.8 Å². The lowest BCUT2D eigenvalue weighted by atomic mass is 9.45. The lowest BCUT2D eigenvalue weighted by Crippen LogP contribution is -2.57. The minimum Gasteiger partial charge on any atom is -0.390 e. The largest absolute Gasteiger partial charge is 0.390 e. The Labute approximate surface area is 137 Å². The quantitative estimate of drug-likeness (QED) is 0.739. The highest BCUT2D eigenvalue weighted by molar-refractivity contribution is 5.08. The van der Waals surface area contributed by atoms with Crippen molar-refractivity contribution >= 4 is 0 Å². The van der Waals surface area contributed by atoms with Crippen LogP contribution in [0, 0.1) is 22.7 Å². The molecule has 0 radical (unpaired) electrons. The maximum absolute atomic E-state index is 11.1. The summed E-state index contributed by atoms with van der Waals surface area (Å²) in [6.07, 6.45) is 8.96. The summed E-state index contributed by atoms with van der Waals surface area (Å²) in [5.74, 6) is 0.928. The molecule has 0 spiro atoms. The maximum atomic E-state index is 11.1. The van der Waals surface area contributed by atoms with E-state index in [-0.39, 0.29) is 11.3 Å². The third-order valence-electron chi connectivity index (χ3n) is 7.14. The van der Waals surface area contributed by atoms with E-state index in [9.17, 15) is 10.2 Å². The predicted octanol–water partition coefficient (Wildman–Crippen LogP) is 4.70. The molecule has 5 atom stereocenters. The molecule has 2 fully saturated rings. The lowest BCUT2D eigenvalue weighted by Gasteiger charge is -2.61. The van der Waals surface area contributed by atoms with E-state index in [1.807, 2.05) is 13.8 Å². The summed E-state index contributed by atoms with van der Waals surface area (Å²) in [5.41, 5.74) is -0.900. The molecule has 0 aromatic heterocycles. The first-order valence-corrected chi connectivity index (χ1v) is 9.03. The van der Waals surface area contributed by atoms with Gasteiger partial charge in [0, 0.05) is 0 Å². The van der Waals surface area contributed by atoms with Crippen molar-refractivity contribution in [3.63, 3.8) is 0 Å². The zero-order valence-corrected chi connectivity index (χ0v) is 15.3. The Bertz CT molecular complexity index is 421. The molecular formula is C20H36O2. The molecule has 0 aromatic carbocycles. The second kappa shape index (κ2) is 5.63. The second-order valence-electron chi connectivity index (χ2n) is 9.45. The topological polar surface area (TPSA) is 40.5 Å². The summed E-state index contributed by atoms with van der Waals surface area (Å²) in [5, 5.41) is 21.4. The molecular weight excluding hydrogens is 272 g/mol. The molecule has 2 N–H and O–H groups in total. The minimum atomic E-state index is -0.830. The fraction of sp³-hybridized carbons (Fsp3) is 0.900. The zero-order valence-electron chi connectivity index (χ0n) is 15.3. The van der Waals surface area contributed by atoms with Gasteiger partial charge in [-0.3, -0.25) is 0 Å². The molecule has 2 aliphatic carbocycles. The smallest absolute Gasteiger partial charge is 0.0797 e. The van der Waals surface area contributed by atoms with Crippen LogP contribution in [0.5, 0.6) is 0 Å². The number of hydrogen-bond donors (Lipinski definition) is 2. The average Bonchev–Trinajstić information content (AvgIpc) is 2.35. The summed E-state index contributed by atoms with van der Waals surface area (Å²) in [6.45, 7) is 14.8. The fourth-order valence-electron chi connectivity index (χ4n) is 5.80. The van der Waals surface area contributed by atoms with Crippen LogP contribution in [0.25, 0.3) is 0 Å². The van der Waals surface area contributed by atoms with Crippen LogP contribution in [0.15, 0.2) is 12.7 Å². The predicted molar refractivity (Wildman–Crippen MR) is 92.6 cm³/mol. The monoisotopic (exact) mass is 308 g/mol. The minimum absolute atomic E-state index is 0.181. The first-order valence-electron chi connectivity index (χ1n) is 9.03. The third kappa shape index (κ3) is 3.14. The van der Waals surface area contributed by atoms with Crippen molar-refractivity contribution in [2.45, 2.75) is 90.8 Å². The Morgan fingerprint density at radius 1 is 1.18 bits per heavy atom. The maximum Gasteiger partial charge on any atom is 0.0797 e.